The molecule has 2 heterocycles. The fraction of sp³-hybridized carbons (Fsp3) is 0. The van der Waals surface area contributed by atoms with Crippen molar-refractivity contribution < 1.29 is 4.42 Å². The van der Waals surface area contributed by atoms with Crippen molar-refractivity contribution >= 4 is 82.4 Å². The van der Waals surface area contributed by atoms with Gasteiger partial charge in [-0.3, -0.25) is 0 Å². The van der Waals surface area contributed by atoms with Crippen LogP contribution >= 0.6 is 0 Å². The molecule has 0 atom stereocenters. The largest absolute Gasteiger partial charge is 0.455 e. The molecule has 53 heavy (non-hydrogen) atoms. The van der Waals surface area contributed by atoms with Crippen LogP contribution in [0.2, 0.25) is 0 Å². The van der Waals surface area contributed by atoms with E-state index < -0.39 is 0 Å². The Morgan fingerprint density at radius 2 is 0.981 bits per heavy atom. The molecule has 0 N–H and O–H groups in total. The van der Waals surface area contributed by atoms with Gasteiger partial charge < -0.3 is 13.9 Å². The molecule has 0 aliphatic rings. The standard InChI is InChI=1S/C50H32N2O/c1-3-15-33(16-4-1)38-31-32-45(49-40-23-10-12-28-46(40)53-50(38)49)52(42-25-13-18-35-30-29-34-17-7-8-21-37(34)47(35)42)44-27-14-26-43-48(44)39-22-9-11-24-41(39)51(43)36-19-5-2-6-20-36/h1-32H. The van der Waals surface area contributed by atoms with Crippen LogP contribution in [0.3, 0.4) is 0 Å². The zero-order valence-electron chi connectivity index (χ0n) is 28.8. The fourth-order valence-electron chi connectivity index (χ4n) is 8.50. The van der Waals surface area contributed by atoms with E-state index in [9.17, 15) is 0 Å². The molecule has 0 saturated carbocycles. The highest BCUT2D eigenvalue weighted by Crippen LogP contribution is 2.51. The SMILES string of the molecule is c1ccc(-c2ccc(N(c3cccc4ccc5ccccc5c34)c3cccc4c3c3ccccc3n4-c3ccccc3)c3c2oc2ccccc23)cc1. The quantitative estimate of drug-likeness (QED) is 0.169. The Morgan fingerprint density at radius 1 is 0.377 bits per heavy atom. The lowest BCUT2D eigenvalue weighted by molar-refractivity contribution is 0.670. The Bertz CT molecular complexity index is 3160. The van der Waals surface area contributed by atoms with E-state index >= 15 is 0 Å². The first-order valence-electron chi connectivity index (χ1n) is 18.1. The van der Waals surface area contributed by atoms with E-state index in [1.165, 1.54) is 37.8 Å². The number of benzene rings is 9. The molecule has 0 bridgehead atoms. The molecule has 0 unspecified atom stereocenters. The smallest absolute Gasteiger partial charge is 0.145 e. The molecular formula is C50H32N2O. The molecule has 9 aromatic carbocycles. The lowest BCUT2D eigenvalue weighted by atomic mass is 9.97. The number of furan rings is 1. The minimum absolute atomic E-state index is 0.870. The number of rotatable bonds is 5. The minimum Gasteiger partial charge on any atom is -0.455 e. The van der Waals surface area contributed by atoms with Crippen molar-refractivity contribution in [1.29, 1.82) is 0 Å². The van der Waals surface area contributed by atoms with Crippen LogP contribution in [0.4, 0.5) is 17.1 Å². The van der Waals surface area contributed by atoms with Crippen LogP contribution in [0.1, 0.15) is 0 Å². The van der Waals surface area contributed by atoms with Gasteiger partial charge >= 0.3 is 0 Å². The van der Waals surface area contributed by atoms with Gasteiger partial charge in [-0.1, -0.05) is 140 Å². The summed E-state index contributed by atoms with van der Waals surface area (Å²) >= 11 is 0. The van der Waals surface area contributed by atoms with Gasteiger partial charge in [-0.25, -0.2) is 0 Å². The summed E-state index contributed by atoms with van der Waals surface area (Å²) in [5.74, 6) is 0. The number of fused-ring (bicyclic) bond motifs is 9. The molecule has 0 radical (unpaired) electrons. The van der Waals surface area contributed by atoms with E-state index in [1.54, 1.807) is 0 Å². The summed E-state index contributed by atoms with van der Waals surface area (Å²) < 4.78 is 9.24. The first-order chi connectivity index (χ1) is 26.3. The Hall–Kier alpha value is -7.10. The highest BCUT2D eigenvalue weighted by atomic mass is 16.3. The number of nitrogens with zero attached hydrogens (tertiary/aromatic N) is 2. The molecule has 0 aliphatic heterocycles. The van der Waals surface area contributed by atoms with E-state index in [0.717, 1.165) is 61.3 Å². The summed E-state index contributed by atoms with van der Waals surface area (Å²) in [5.41, 5.74) is 10.7. The summed E-state index contributed by atoms with van der Waals surface area (Å²) in [6.07, 6.45) is 0. The number of aromatic nitrogens is 1. The van der Waals surface area contributed by atoms with Crippen molar-refractivity contribution in [2.45, 2.75) is 0 Å². The molecule has 0 spiro atoms. The maximum atomic E-state index is 6.85. The van der Waals surface area contributed by atoms with E-state index in [1.807, 2.05) is 0 Å². The maximum absolute atomic E-state index is 6.85. The summed E-state index contributed by atoms with van der Waals surface area (Å²) in [6, 6.07) is 69.7. The van der Waals surface area contributed by atoms with Gasteiger partial charge in [0.2, 0.25) is 0 Å². The number of anilines is 3. The summed E-state index contributed by atoms with van der Waals surface area (Å²) in [4.78, 5) is 2.50. The summed E-state index contributed by atoms with van der Waals surface area (Å²) in [7, 11) is 0. The van der Waals surface area contributed by atoms with Gasteiger partial charge in [-0.05, 0) is 76.3 Å². The van der Waals surface area contributed by atoms with Crippen LogP contribution < -0.4 is 4.90 Å². The third-order valence-corrected chi connectivity index (χ3v) is 10.7. The molecular weight excluding hydrogens is 645 g/mol. The van der Waals surface area contributed by atoms with Crippen LogP contribution in [0.5, 0.6) is 0 Å². The van der Waals surface area contributed by atoms with Crippen molar-refractivity contribution in [2.24, 2.45) is 0 Å². The third-order valence-electron chi connectivity index (χ3n) is 10.7. The van der Waals surface area contributed by atoms with Crippen LogP contribution in [0.25, 0.3) is 82.1 Å². The topological polar surface area (TPSA) is 21.3 Å². The molecule has 2 aromatic heterocycles. The average Bonchev–Trinajstić information content (AvgIpc) is 3.79. The van der Waals surface area contributed by atoms with E-state index in [2.05, 4.69) is 204 Å². The lowest BCUT2D eigenvalue weighted by Gasteiger charge is -2.29. The number of hydrogen-bond acceptors (Lipinski definition) is 2. The van der Waals surface area contributed by atoms with Crippen molar-refractivity contribution in [3.8, 4) is 16.8 Å². The molecule has 3 heteroatoms. The van der Waals surface area contributed by atoms with Gasteiger partial charge in [0.25, 0.3) is 0 Å². The first-order valence-corrected chi connectivity index (χ1v) is 18.1. The first kappa shape index (κ1) is 29.6. The van der Waals surface area contributed by atoms with E-state index in [0.29, 0.717) is 0 Å². The Balaban J connectivity index is 1.33. The van der Waals surface area contributed by atoms with Crippen molar-refractivity contribution in [2.75, 3.05) is 4.90 Å². The number of hydrogen-bond donors (Lipinski definition) is 0. The molecule has 11 aromatic rings. The zero-order chi connectivity index (χ0) is 34.9. The highest BCUT2D eigenvalue weighted by Gasteiger charge is 2.26. The van der Waals surface area contributed by atoms with Crippen LogP contribution in [0.15, 0.2) is 199 Å². The second-order valence-electron chi connectivity index (χ2n) is 13.7. The second-order valence-corrected chi connectivity index (χ2v) is 13.7. The monoisotopic (exact) mass is 676 g/mol. The van der Waals surface area contributed by atoms with E-state index in [4.69, 9.17) is 4.42 Å². The van der Waals surface area contributed by atoms with Crippen LogP contribution in [0, 0.1) is 0 Å². The Kier molecular flexibility index (Phi) is 6.55. The molecule has 0 fully saturated rings. The third kappa shape index (κ3) is 4.47. The molecule has 248 valence electrons. The van der Waals surface area contributed by atoms with Crippen molar-refractivity contribution in [3.05, 3.63) is 194 Å². The van der Waals surface area contributed by atoms with Gasteiger partial charge in [-0.15, -0.1) is 0 Å². The van der Waals surface area contributed by atoms with Crippen molar-refractivity contribution in [3.63, 3.8) is 0 Å². The van der Waals surface area contributed by atoms with Crippen LogP contribution in [-0.2, 0) is 0 Å². The average molecular weight is 677 g/mol. The van der Waals surface area contributed by atoms with Gasteiger partial charge in [0, 0.05) is 32.8 Å². The normalized spacial score (nSPS) is 11.8. The number of para-hydroxylation sites is 3. The van der Waals surface area contributed by atoms with Crippen LogP contribution in [-0.4, -0.2) is 4.57 Å². The molecule has 0 saturated heterocycles. The lowest BCUT2D eigenvalue weighted by Crippen LogP contribution is -2.12. The minimum atomic E-state index is 0.870. The predicted molar refractivity (Wildman–Crippen MR) is 223 cm³/mol. The fourth-order valence-corrected chi connectivity index (χ4v) is 8.50. The summed E-state index contributed by atoms with van der Waals surface area (Å²) in [6.45, 7) is 0. The van der Waals surface area contributed by atoms with E-state index in [-0.39, 0.29) is 0 Å². The highest BCUT2D eigenvalue weighted by molar-refractivity contribution is 6.24. The molecule has 3 nitrogen and oxygen atoms in total. The molecule has 11 rings (SSSR count). The van der Waals surface area contributed by atoms with Gasteiger partial charge in [0.05, 0.1) is 33.5 Å². The predicted octanol–water partition coefficient (Wildman–Crippen LogP) is 14.1. The second kappa shape index (κ2) is 11.7. The Labute approximate surface area is 306 Å². The van der Waals surface area contributed by atoms with Gasteiger partial charge in [0.15, 0.2) is 0 Å². The molecule has 0 aliphatic carbocycles. The van der Waals surface area contributed by atoms with Gasteiger partial charge in [0.1, 0.15) is 11.2 Å². The molecule has 0 amide bonds. The summed E-state index contributed by atoms with van der Waals surface area (Å²) in [5, 5.41) is 9.40. The Morgan fingerprint density at radius 3 is 1.83 bits per heavy atom. The zero-order valence-corrected chi connectivity index (χ0v) is 28.8. The van der Waals surface area contributed by atoms with Crippen molar-refractivity contribution in [1.82, 2.24) is 4.57 Å². The maximum Gasteiger partial charge on any atom is 0.145 e. The van der Waals surface area contributed by atoms with Gasteiger partial charge in [-0.2, -0.15) is 0 Å².